The Morgan fingerprint density at radius 3 is 2.53 bits per heavy atom. The summed E-state index contributed by atoms with van der Waals surface area (Å²) in [7, 11) is 1.60. The topological polar surface area (TPSA) is 75.6 Å². The van der Waals surface area contributed by atoms with Gasteiger partial charge < -0.3 is 24.8 Å². The van der Waals surface area contributed by atoms with Crippen molar-refractivity contribution in [2.75, 3.05) is 30.8 Å². The number of rotatable bonds is 5. The highest BCUT2D eigenvalue weighted by atomic mass is 19.1. The molecule has 7 nitrogen and oxygen atoms in total. The summed E-state index contributed by atoms with van der Waals surface area (Å²) in [5.74, 6) is 0.735. The number of fused-ring (bicyclic) bond motifs is 4. The van der Waals surface area contributed by atoms with E-state index in [1.165, 1.54) is 12.1 Å². The molecule has 1 aromatic heterocycles. The summed E-state index contributed by atoms with van der Waals surface area (Å²) in [6.07, 6.45) is 0.932. The normalized spacial score (nSPS) is 18.7. The summed E-state index contributed by atoms with van der Waals surface area (Å²) in [5.41, 5.74) is 3.45. The first-order chi connectivity index (χ1) is 16.5. The number of nitrogens with zero attached hydrogens (tertiary/aromatic N) is 2. The van der Waals surface area contributed by atoms with Crippen LogP contribution >= 0.6 is 0 Å². The number of nitrogens with one attached hydrogen (secondary N) is 2. The van der Waals surface area contributed by atoms with Crippen molar-refractivity contribution in [1.29, 1.82) is 0 Å². The van der Waals surface area contributed by atoms with Gasteiger partial charge in [-0.1, -0.05) is 12.1 Å². The highest BCUT2D eigenvalue weighted by Gasteiger charge is 2.37. The average molecular weight is 463 g/mol. The summed E-state index contributed by atoms with van der Waals surface area (Å²) in [6, 6.07) is 16.9. The van der Waals surface area contributed by atoms with Crippen LogP contribution in [0, 0.1) is 11.7 Å². The molecule has 176 valence electrons. The number of anilines is 2. The molecule has 3 heterocycles. The van der Waals surface area contributed by atoms with E-state index < -0.39 is 0 Å². The van der Waals surface area contributed by atoms with Gasteiger partial charge >= 0.3 is 6.03 Å². The van der Waals surface area contributed by atoms with Gasteiger partial charge in [0, 0.05) is 49.5 Å². The summed E-state index contributed by atoms with van der Waals surface area (Å²) in [4.78, 5) is 27.5. The summed E-state index contributed by atoms with van der Waals surface area (Å²) < 4.78 is 20.3. The maximum atomic E-state index is 13.2. The van der Waals surface area contributed by atoms with Crippen molar-refractivity contribution in [2.24, 2.45) is 5.92 Å². The lowest BCUT2D eigenvalue weighted by Gasteiger charge is -2.43. The van der Waals surface area contributed by atoms with E-state index in [4.69, 9.17) is 4.74 Å². The number of likely N-dealkylation sites (tertiary alicyclic amines) is 1. The minimum atomic E-state index is -0.270. The molecule has 3 aromatic rings. The second-order valence-electron chi connectivity index (χ2n) is 8.92. The van der Waals surface area contributed by atoms with E-state index in [0.29, 0.717) is 31.9 Å². The van der Waals surface area contributed by atoms with Crippen molar-refractivity contribution in [3.8, 4) is 5.75 Å². The molecule has 2 amide bonds. The van der Waals surface area contributed by atoms with E-state index in [1.54, 1.807) is 25.3 Å². The molecular weight excluding hydrogens is 435 g/mol. The van der Waals surface area contributed by atoms with Gasteiger partial charge in [-0.3, -0.25) is 4.79 Å². The monoisotopic (exact) mass is 462 g/mol. The van der Waals surface area contributed by atoms with Crippen LogP contribution in [0.4, 0.5) is 20.6 Å². The number of urea groups is 1. The predicted octanol–water partition coefficient (Wildman–Crippen LogP) is 4.26. The van der Waals surface area contributed by atoms with Gasteiger partial charge in [-0.15, -0.1) is 0 Å². The fourth-order valence-corrected chi connectivity index (χ4v) is 5.01. The number of carbonyl (C=O) groups is 1. The number of benzene rings is 2. The van der Waals surface area contributed by atoms with Gasteiger partial charge in [-0.05, 0) is 60.4 Å². The molecule has 0 aliphatic carbocycles. The Bertz CT molecular complexity index is 1240. The third-order valence-electron chi connectivity index (χ3n) is 6.61. The first-order valence-electron chi connectivity index (χ1n) is 11.4. The first kappa shape index (κ1) is 22.0. The highest BCUT2D eigenvalue weighted by Crippen LogP contribution is 2.38. The number of halogens is 1. The van der Waals surface area contributed by atoms with Gasteiger partial charge in [0.05, 0.1) is 12.8 Å². The Morgan fingerprint density at radius 1 is 1.03 bits per heavy atom. The van der Waals surface area contributed by atoms with Gasteiger partial charge in [-0.25, -0.2) is 9.18 Å². The molecule has 8 heteroatoms. The van der Waals surface area contributed by atoms with Crippen LogP contribution in [0.15, 0.2) is 65.5 Å². The Morgan fingerprint density at radius 2 is 1.79 bits per heavy atom. The van der Waals surface area contributed by atoms with Crippen LogP contribution in [0.3, 0.4) is 0 Å². The lowest BCUT2D eigenvalue weighted by molar-refractivity contribution is 0.140. The molecule has 2 atom stereocenters. The molecule has 2 N–H and O–H groups in total. The Kier molecular flexibility index (Phi) is 5.96. The van der Waals surface area contributed by atoms with Crippen molar-refractivity contribution >= 4 is 17.4 Å². The second kappa shape index (κ2) is 9.21. The second-order valence-corrected chi connectivity index (χ2v) is 8.92. The van der Waals surface area contributed by atoms with Crippen molar-refractivity contribution in [3.63, 3.8) is 0 Å². The molecular formula is C26H27FN4O3. The van der Waals surface area contributed by atoms with Crippen LogP contribution in [0.5, 0.6) is 5.75 Å². The van der Waals surface area contributed by atoms with Gasteiger partial charge in [0.2, 0.25) is 0 Å². The smallest absolute Gasteiger partial charge is 0.321 e. The molecule has 2 aliphatic heterocycles. The number of carbonyl (C=O) groups excluding carboxylic acids is 1. The number of methoxy groups -OCH3 is 1. The van der Waals surface area contributed by atoms with E-state index in [2.05, 4.69) is 10.6 Å². The molecule has 0 saturated carbocycles. The number of ether oxygens (including phenoxy) is 1. The van der Waals surface area contributed by atoms with Crippen LogP contribution in [-0.2, 0) is 13.1 Å². The van der Waals surface area contributed by atoms with Crippen LogP contribution in [-0.4, -0.2) is 35.7 Å². The number of hydrogen-bond acceptors (Lipinski definition) is 4. The number of hydrogen-bond donors (Lipinski definition) is 2. The number of pyridine rings is 1. The Hall–Kier alpha value is -3.81. The summed E-state index contributed by atoms with van der Waals surface area (Å²) in [5, 5.41) is 6.39. The molecule has 0 radical (unpaired) electrons. The fourth-order valence-electron chi connectivity index (χ4n) is 5.01. The molecule has 1 saturated heterocycles. The molecule has 2 aliphatic rings. The highest BCUT2D eigenvalue weighted by molar-refractivity contribution is 5.89. The lowest BCUT2D eigenvalue weighted by Crippen LogP contribution is -2.50. The molecule has 0 unspecified atom stereocenters. The minimum Gasteiger partial charge on any atom is -0.497 e. The fraction of sp³-hybridized carbons (Fsp3) is 0.308. The quantitative estimate of drug-likeness (QED) is 0.594. The zero-order chi connectivity index (χ0) is 23.7. The van der Waals surface area contributed by atoms with Crippen molar-refractivity contribution in [1.82, 2.24) is 9.47 Å². The maximum absolute atomic E-state index is 13.2. The SMILES string of the molecule is COc1ccc(NC(=O)N2C[C@H]3C[C@H](C2)c2c(NCc4ccc(F)cc4)ccc(=O)n2C3)cc1. The molecule has 2 bridgehead atoms. The largest absolute Gasteiger partial charge is 0.497 e. The van der Waals surface area contributed by atoms with Crippen LogP contribution in [0.2, 0.25) is 0 Å². The standard InChI is InChI=1S/C26H27FN4O3/c1-34-22-8-6-21(7-9-22)29-26(33)30-14-18-12-19(16-30)25-23(10-11-24(32)31(25)15-18)28-13-17-2-4-20(27)5-3-17/h2-11,18-19,28H,12-16H2,1H3,(H,29,33)/t18-,19-/m1/s1. The molecule has 0 spiro atoms. The third kappa shape index (κ3) is 4.48. The number of amides is 2. The van der Waals surface area contributed by atoms with Gasteiger partial charge in [0.25, 0.3) is 5.56 Å². The Labute approximate surface area is 197 Å². The van der Waals surface area contributed by atoms with Crippen LogP contribution in [0.25, 0.3) is 0 Å². The third-order valence-corrected chi connectivity index (χ3v) is 6.61. The molecule has 34 heavy (non-hydrogen) atoms. The Balaban J connectivity index is 1.34. The number of aromatic nitrogens is 1. The van der Waals surface area contributed by atoms with E-state index in [9.17, 15) is 14.0 Å². The molecule has 2 aromatic carbocycles. The van der Waals surface area contributed by atoms with Crippen LogP contribution in [0.1, 0.15) is 23.6 Å². The van der Waals surface area contributed by atoms with Crippen molar-refractivity contribution in [3.05, 3.63) is 88.1 Å². The molecule has 5 rings (SSSR count). The summed E-state index contributed by atoms with van der Waals surface area (Å²) >= 11 is 0. The van der Waals surface area contributed by atoms with Crippen molar-refractivity contribution < 1.29 is 13.9 Å². The average Bonchev–Trinajstić information content (AvgIpc) is 2.85. The van der Waals surface area contributed by atoms with Crippen LogP contribution < -0.4 is 20.9 Å². The zero-order valence-corrected chi connectivity index (χ0v) is 19.0. The van der Waals surface area contributed by atoms with Crippen molar-refractivity contribution in [2.45, 2.75) is 25.4 Å². The van der Waals surface area contributed by atoms with E-state index in [0.717, 1.165) is 29.1 Å². The van der Waals surface area contributed by atoms with Gasteiger partial charge in [-0.2, -0.15) is 0 Å². The zero-order valence-electron chi connectivity index (χ0n) is 19.0. The first-order valence-corrected chi connectivity index (χ1v) is 11.4. The summed E-state index contributed by atoms with van der Waals surface area (Å²) in [6.45, 7) is 2.25. The van der Waals surface area contributed by atoms with E-state index >= 15 is 0 Å². The van der Waals surface area contributed by atoms with Gasteiger partial charge in [0.1, 0.15) is 11.6 Å². The van der Waals surface area contributed by atoms with E-state index in [-0.39, 0.29) is 29.2 Å². The van der Waals surface area contributed by atoms with Gasteiger partial charge in [0.15, 0.2) is 0 Å². The maximum Gasteiger partial charge on any atom is 0.321 e. The number of piperidine rings is 1. The minimum absolute atomic E-state index is 0.0202. The lowest BCUT2D eigenvalue weighted by atomic mass is 9.82. The molecule has 1 fully saturated rings. The van der Waals surface area contributed by atoms with E-state index in [1.807, 2.05) is 39.8 Å². The predicted molar refractivity (Wildman–Crippen MR) is 129 cm³/mol.